The zero-order chi connectivity index (χ0) is 16.3. The van der Waals surface area contributed by atoms with Crippen LogP contribution in [0.4, 0.5) is 10.6 Å². The quantitative estimate of drug-likeness (QED) is 0.864. The molecular weight excluding hydrogens is 346 g/mol. The van der Waals surface area contributed by atoms with Crippen molar-refractivity contribution in [3.05, 3.63) is 22.3 Å². The molecule has 1 aromatic rings. The average molecular weight is 370 g/mol. The molecule has 2 heterocycles. The summed E-state index contributed by atoms with van der Waals surface area (Å²) in [6, 6.07) is 2.15. The van der Waals surface area contributed by atoms with Gasteiger partial charge in [-0.05, 0) is 68.1 Å². The van der Waals surface area contributed by atoms with Crippen molar-refractivity contribution in [1.82, 2.24) is 10.3 Å². The molecular formula is C16H24BrN3O2. The molecule has 1 aliphatic rings. The molecule has 0 unspecified atom stereocenters. The molecule has 0 bridgehead atoms. The van der Waals surface area contributed by atoms with E-state index in [2.05, 4.69) is 44.1 Å². The molecule has 122 valence electrons. The summed E-state index contributed by atoms with van der Waals surface area (Å²) in [4.78, 5) is 18.6. The number of piperidine rings is 1. The number of hydrogen-bond acceptors (Lipinski definition) is 4. The molecule has 1 atom stereocenters. The first-order valence-corrected chi connectivity index (χ1v) is 8.40. The van der Waals surface area contributed by atoms with Crippen LogP contribution in [0.3, 0.4) is 0 Å². The van der Waals surface area contributed by atoms with Gasteiger partial charge in [0.25, 0.3) is 0 Å². The normalized spacial score (nSPS) is 19.0. The Labute approximate surface area is 140 Å². The van der Waals surface area contributed by atoms with E-state index >= 15 is 0 Å². The van der Waals surface area contributed by atoms with Crippen molar-refractivity contribution < 1.29 is 9.53 Å². The smallest absolute Gasteiger partial charge is 0.407 e. The maximum atomic E-state index is 11.9. The summed E-state index contributed by atoms with van der Waals surface area (Å²) < 4.78 is 6.31. The van der Waals surface area contributed by atoms with Crippen LogP contribution in [-0.2, 0) is 4.74 Å². The number of nitrogens with zero attached hydrogens (tertiary/aromatic N) is 2. The number of alkyl carbamates (subject to hydrolysis) is 1. The van der Waals surface area contributed by atoms with Crippen LogP contribution >= 0.6 is 15.9 Å². The van der Waals surface area contributed by atoms with Gasteiger partial charge in [-0.25, -0.2) is 9.78 Å². The largest absolute Gasteiger partial charge is 0.444 e. The van der Waals surface area contributed by atoms with E-state index in [0.29, 0.717) is 0 Å². The Kier molecular flexibility index (Phi) is 5.32. The molecule has 1 aliphatic heterocycles. The molecule has 0 aliphatic carbocycles. The van der Waals surface area contributed by atoms with Crippen LogP contribution in [-0.4, -0.2) is 35.8 Å². The molecule has 1 saturated heterocycles. The third kappa shape index (κ3) is 4.87. The number of carbonyl (C=O) groups is 1. The number of rotatable bonds is 2. The summed E-state index contributed by atoms with van der Waals surface area (Å²) in [5.74, 6) is 0.985. The van der Waals surface area contributed by atoms with Crippen LogP contribution in [0.5, 0.6) is 0 Å². The van der Waals surface area contributed by atoms with Gasteiger partial charge in [-0.1, -0.05) is 0 Å². The van der Waals surface area contributed by atoms with Crippen molar-refractivity contribution in [3.8, 4) is 0 Å². The highest BCUT2D eigenvalue weighted by Crippen LogP contribution is 2.24. The first-order chi connectivity index (χ1) is 10.2. The number of amides is 1. The molecule has 5 nitrogen and oxygen atoms in total. The van der Waals surface area contributed by atoms with Crippen molar-refractivity contribution in [2.75, 3.05) is 18.0 Å². The molecule has 0 spiro atoms. The minimum absolute atomic E-state index is 0.0912. The number of halogens is 1. The second kappa shape index (κ2) is 6.86. The Morgan fingerprint density at radius 1 is 1.50 bits per heavy atom. The predicted molar refractivity (Wildman–Crippen MR) is 91.3 cm³/mol. The van der Waals surface area contributed by atoms with Gasteiger partial charge in [-0.15, -0.1) is 0 Å². The van der Waals surface area contributed by atoms with Gasteiger partial charge >= 0.3 is 6.09 Å². The maximum Gasteiger partial charge on any atom is 0.407 e. The van der Waals surface area contributed by atoms with Gasteiger partial charge in [0.1, 0.15) is 11.4 Å². The van der Waals surface area contributed by atoms with Crippen LogP contribution in [0.15, 0.2) is 16.7 Å². The van der Waals surface area contributed by atoms with Gasteiger partial charge in [0, 0.05) is 29.8 Å². The zero-order valence-electron chi connectivity index (χ0n) is 13.6. The molecule has 1 aromatic heterocycles. The lowest BCUT2D eigenvalue weighted by atomic mass is 10.1. The Hall–Kier alpha value is -1.30. The third-order valence-corrected chi connectivity index (χ3v) is 3.89. The first kappa shape index (κ1) is 17.1. The number of pyridine rings is 1. The summed E-state index contributed by atoms with van der Waals surface area (Å²) in [5.41, 5.74) is 0.662. The van der Waals surface area contributed by atoms with Gasteiger partial charge in [-0.2, -0.15) is 0 Å². The van der Waals surface area contributed by atoms with E-state index in [1.54, 1.807) is 0 Å². The zero-order valence-corrected chi connectivity index (χ0v) is 15.2. The molecule has 22 heavy (non-hydrogen) atoms. The lowest BCUT2D eigenvalue weighted by Crippen LogP contribution is -2.49. The second-order valence-corrected chi connectivity index (χ2v) is 7.64. The summed E-state index contributed by atoms with van der Waals surface area (Å²) >= 11 is 3.44. The number of aryl methyl sites for hydroxylation is 1. The van der Waals surface area contributed by atoms with Crippen molar-refractivity contribution in [1.29, 1.82) is 0 Å². The number of nitrogens with one attached hydrogen (secondary N) is 1. The van der Waals surface area contributed by atoms with Gasteiger partial charge in [0.05, 0.1) is 0 Å². The first-order valence-electron chi connectivity index (χ1n) is 7.61. The highest BCUT2D eigenvalue weighted by molar-refractivity contribution is 9.10. The highest BCUT2D eigenvalue weighted by Gasteiger charge is 2.25. The fourth-order valence-corrected chi connectivity index (χ4v) is 3.07. The molecule has 1 fully saturated rings. The highest BCUT2D eigenvalue weighted by atomic mass is 79.9. The van der Waals surface area contributed by atoms with E-state index in [1.165, 1.54) is 0 Å². The topological polar surface area (TPSA) is 54.5 Å². The number of ether oxygens (including phenoxy) is 1. The standard InChI is InChI=1S/C16H24BrN3O2/c1-11-8-12(17)9-18-14(11)20-7-5-6-13(10-20)19-15(21)22-16(2,3)4/h8-9,13H,5-7,10H2,1-4H3,(H,19,21)/t13-/m0/s1. The van der Waals surface area contributed by atoms with E-state index in [9.17, 15) is 4.79 Å². The van der Waals surface area contributed by atoms with Crippen molar-refractivity contribution >= 4 is 27.8 Å². The molecule has 0 saturated carbocycles. The summed E-state index contributed by atoms with van der Waals surface area (Å²) in [6.45, 7) is 9.38. The fraction of sp³-hybridized carbons (Fsp3) is 0.625. The van der Waals surface area contributed by atoms with Gasteiger partial charge in [-0.3, -0.25) is 0 Å². The third-order valence-electron chi connectivity index (χ3n) is 3.46. The van der Waals surface area contributed by atoms with Gasteiger partial charge < -0.3 is 15.0 Å². The Bertz CT molecular complexity index is 543. The van der Waals surface area contributed by atoms with Crippen molar-refractivity contribution in [2.45, 2.75) is 52.2 Å². The number of aromatic nitrogens is 1. The Morgan fingerprint density at radius 3 is 2.86 bits per heavy atom. The van der Waals surface area contributed by atoms with Crippen molar-refractivity contribution in [2.24, 2.45) is 0 Å². The van der Waals surface area contributed by atoms with Crippen molar-refractivity contribution in [3.63, 3.8) is 0 Å². The lowest BCUT2D eigenvalue weighted by Gasteiger charge is -2.35. The van der Waals surface area contributed by atoms with Crippen LogP contribution < -0.4 is 10.2 Å². The molecule has 6 heteroatoms. The average Bonchev–Trinajstić information content (AvgIpc) is 2.36. The second-order valence-electron chi connectivity index (χ2n) is 6.73. The lowest BCUT2D eigenvalue weighted by molar-refractivity contribution is 0.0500. The number of hydrogen-bond donors (Lipinski definition) is 1. The van der Waals surface area contributed by atoms with Crippen LogP contribution in [0.2, 0.25) is 0 Å². The molecule has 1 N–H and O–H groups in total. The maximum absolute atomic E-state index is 11.9. The van der Waals surface area contributed by atoms with Crippen LogP contribution in [0.1, 0.15) is 39.2 Å². The Balaban J connectivity index is 1.98. The van der Waals surface area contributed by atoms with E-state index in [1.807, 2.05) is 27.0 Å². The van der Waals surface area contributed by atoms with Gasteiger partial charge in [0.2, 0.25) is 0 Å². The predicted octanol–water partition coefficient (Wildman–Crippen LogP) is 3.65. The Morgan fingerprint density at radius 2 is 2.23 bits per heavy atom. The molecule has 2 rings (SSSR count). The minimum atomic E-state index is -0.470. The van der Waals surface area contributed by atoms with E-state index in [0.717, 1.165) is 41.8 Å². The van der Waals surface area contributed by atoms with Gasteiger partial charge in [0.15, 0.2) is 0 Å². The van der Waals surface area contributed by atoms with Crippen LogP contribution in [0.25, 0.3) is 0 Å². The van der Waals surface area contributed by atoms with E-state index in [-0.39, 0.29) is 12.1 Å². The molecule has 0 aromatic carbocycles. The molecule has 0 radical (unpaired) electrons. The molecule has 1 amide bonds. The van der Waals surface area contributed by atoms with E-state index in [4.69, 9.17) is 4.74 Å². The number of carbonyl (C=O) groups excluding carboxylic acids is 1. The fourth-order valence-electron chi connectivity index (χ4n) is 2.63. The van der Waals surface area contributed by atoms with E-state index < -0.39 is 5.60 Å². The van der Waals surface area contributed by atoms with Crippen LogP contribution in [0, 0.1) is 6.92 Å². The number of anilines is 1. The SMILES string of the molecule is Cc1cc(Br)cnc1N1CCC[C@H](NC(=O)OC(C)(C)C)C1. The summed E-state index contributed by atoms with van der Waals surface area (Å²) in [7, 11) is 0. The summed E-state index contributed by atoms with van der Waals surface area (Å²) in [5, 5.41) is 2.97. The monoisotopic (exact) mass is 369 g/mol. The summed E-state index contributed by atoms with van der Waals surface area (Å²) in [6.07, 6.45) is 3.45. The minimum Gasteiger partial charge on any atom is -0.444 e.